The van der Waals surface area contributed by atoms with Gasteiger partial charge in [-0.05, 0) is 13.0 Å². The number of nitrogens with one attached hydrogen (secondary N) is 1. The van der Waals surface area contributed by atoms with Crippen LogP contribution in [0.3, 0.4) is 0 Å². The van der Waals surface area contributed by atoms with Gasteiger partial charge in [0.05, 0.1) is 18.2 Å². The Morgan fingerprint density at radius 1 is 1.56 bits per heavy atom. The molecule has 0 spiro atoms. The first-order chi connectivity index (χ1) is 8.56. The number of hydrogen-bond acceptors (Lipinski definition) is 4. The summed E-state index contributed by atoms with van der Waals surface area (Å²) in [5.41, 5.74) is 5.95. The highest BCUT2D eigenvalue weighted by atomic mass is 16.5. The van der Waals surface area contributed by atoms with E-state index < -0.39 is 0 Å². The Bertz CT molecular complexity index is 456. The molecule has 3 N–H and O–H groups in total. The third-order valence-electron chi connectivity index (χ3n) is 2.45. The molecule has 0 aliphatic rings. The number of amides is 1. The summed E-state index contributed by atoms with van der Waals surface area (Å²) in [4.78, 5) is 22.9. The molecule has 18 heavy (non-hydrogen) atoms. The Hall–Kier alpha value is -1.66. The summed E-state index contributed by atoms with van der Waals surface area (Å²) in [7, 11) is 1.63. The van der Waals surface area contributed by atoms with Crippen LogP contribution in [0.25, 0.3) is 0 Å². The standard InChI is InChI=1S/C12H19N3O3/c1-3-18-10(7-13)6-11(16)14-9-4-5-12(17)15(2)8-9/h4-5,8,10H,3,6-7,13H2,1-2H3,(H,14,16). The maximum atomic E-state index is 11.7. The van der Waals surface area contributed by atoms with Gasteiger partial charge < -0.3 is 20.4 Å². The van der Waals surface area contributed by atoms with Crippen LogP contribution in [0.15, 0.2) is 23.1 Å². The van der Waals surface area contributed by atoms with Crippen LogP contribution in [-0.2, 0) is 16.6 Å². The van der Waals surface area contributed by atoms with E-state index in [-0.39, 0.29) is 24.0 Å². The highest BCUT2D eigenvalue weighted by Gasteiger charge is 2.12. The number of rotatable bonds is 6. The van der Waals surface area contributed by atoms with Crippen LogP contribution in [0, 0.1) is 0 Å². The average molecular weight is 253 g/mol. The highest BCUT2D eigenvalue weighted by molar-refractivity contribution is 5.90. The van der Waals surface area contributed by atoms with Crippen molar-refractivity contribution in [3.8, 4) is 0 Å². The second-order valence-corrected chi connectivity index (χ2v) is 3.93. The van der Waals surface area contributed by atoms with Crippen LogP contribution in [0.4, 0.5) is 5.69 Å². The van der Waals surface area contributed by atoms with Crippen molar-refractivity contribution in [2.24, 2.45) is 12.8 Å². The van der Waals surface area contributed by atoms with Crippen molar-refractivity contribution < 1.29 is 9.53 Å². The van der Waals surface area contributed by atoms with Crippen LogP contribution in [0.2, 0.25) is 0 Å². The van der Waals surface area contributed by atoms with Gasteiger partial charge in [0.25, 0.3) is 0 Å². The first-order valence-electron chi connectivity index (χ1n) is 5.85. The Morgan fingerprint density at radius 3 is 2.83 bits per heavy atom. The summed E-state index contributed by atoms with van der Waals surface area (Å²) >= 11 is 0. The van der Waals surface area contributed by atoms with E-state index in [1.54, 1.807) is 19.3 Å². The van der Waals surface area contributed by atoms with E-state index in [0.717, 1.165) is 0 Å². The monoisotopic (exact) mass is 253 g/mol. The quantitative estimate of drug-likeness (QED) is 0.751. The molecule has 6 heteroatoms. The SMILES string of the molecule is CCOC(CN)CC(=O)Nc1ccc(=O)n(C)c1. The fraction of sp³-hybridized carbons (Fsp3) is 0.500. The van der Waals surface area contributed by atoms with Crippen LogP contribution >= 0.6 is 0 Å². The second-order valence-electron chi connectivity index (χ2n) is 3.93. The predicted molar refractivity (Wildman–Crippen MR) is 69.4 cm³/mol. The third-order valence-corrected chi connectivity index (χ3v) is 2.45. The van der Waals surface area contributed by atoms with Gasteiger partial charge in [-0.2, -0.15) is 0 Å². The van der Waals surface area contributed by atoms with E-state index in [0.29, 0.717) is 18.8 Å². The van der Waals surface area contributed by atoms with E-state index in [9.17, 15) is 9.59 Å². The Balaban J connectivity index is 2.58. The van der Waals surface area contributed by atoms with E-state index in [1.165, 1.54) is 10.6 Å². The topological polar surface area (TPSA) is 86.3 Å². The molecule has 0 saturated carbocycles. The maximum Gasteiger partial charge on any atom is 0.250 e. The minimum absolute atomic E-state index is 0.123. The smallest absolute Gasteiger partial charge is 0.250 e. The lowest BCUT2D eigenvalue weighted by atomic mass is 10.2. The number of anilines is 1. The number of pyridine rings is 1. The van der Waals surface area contributed by atoms with Crippen molar-refractivity contribution >= 4 is 11.6 Å². The zero-order valence-electron chi connectivity index (χ0n) is 10.7. The second kappa shape index (κ2) is 6.93. The van der Waals surface area contributed by atoms with Gasteiger partial charge in [0, 0.05) is 32.5 Å². The minimum atomic E-state index is -0.275. The van der Waals surface area contributed by atoms with Gasteiger partial charge in [-0.1, -0.05) is 0 Å². The molecule has 1 atom stereocenters. The number of aromatic nitrogens is 1. The van der Waals surface area contributed by atoms with Gasteiger partial charge >= 0.3 is 0 Å². The molecule has 0 fully saturated rings. The first kappa shape index (κ1) is 14.4. The molecular weight excluding hydrogens is 234 g/mol. The molecule has 0 aliphatic heterocycles. The Morgan fingerprint density at radius 2 is 2.28 bits per heavy atom. The van der Waals surface area contributed by atoms with Crippen LogP contribution < -0.4 is 16.6 Å². The Kier molecular flexibility index (Phi) is 5.54. The lowest BCUT2D eigenvalue weighted by molar-refractivity contribution is -0.118. The lowest BCUT2D eigenvalue weighted by Gasteiger charge is -2.14. The number of nitrogens with two attached hydrogens (primary N) is 1. The number of carbonyl (C=O) groups is 1. The number of hydrogen-bond donors (Lipinski definition) is 2. The fourth-order valence-electron chi connectivity index (χ4n) is 1.53. The molecule has 1 unspecified atom stereocenters. The number of ether oxygens (including phenoxy) is 1. The normalized spacial score (nSPS) is 12.2. The molecule has 0 radical (unpaired) electrons. The lowest BCUT2D eigenvalue weighted by Crippen LogP contribution is -2.29. The van der Waals surface area contributed by atoms with Gasteiger partial charge in [0.2, 0.25) is 11.5 Å². The summed E-state index contributed by atoms with van der Waals surface area (Å²) in [5, 5.41) is 2.70. The highest BCUT2D eigenvalue weighted by Crippen LogP contribution is 2.05. The summed E-state index contributed by atoms with van der Waals surface area (Å²) in [6, 6.07) is 2.97. The average Bonchev–Trinajstić information content (AvgIpc) is 2.33. The first-order valence-corrected chi connectivity index (χ1v) is 5.85. The van der Waals surface area contributed by atoms with Crippen LogP contribution in [-0.4, -0.2) is 29.7 Å². The van der Waals surface area contributed by atoms with E-state index in [2.05, 4.69) is 5.32 Å². The molecule has 0 bridgehead atoms. The zero-order valence-corrected chi connectivity index (χ0v) is 10.7. The van der Waals surface area contributed by atoms with Gasteiger partial charge in [0.15, 0.2) is 0 Å². The van der Waals surface area contributed by atoms with Gasteiger partial charge in [-0.3, -0.25) is 9.59 Å². The largest absolute Gasteiger partial charge is 0.377 e. The molecule has 1 amide bonds. The van der Waals surface area contributed by atoms with Crippen molar-refractivity contribution in [1.82, 2.24) is 4.57 Å². The molecule has 0 aromatic carbocycles. The summed E-state index contributed by atoms with van der Waals surface area (Å²) in [6.07, 6.45) is 1.49. The summed E-state index contributed by atoms with van der Waals surface area (Å²) < 4.78 is 6.70. The van der Waals surface area contributed by atoms with Gasteiger partial charge in [-0.15, -0.1) is 0 Å². The maximum absolute atomic E-state index is 11.7. The zero-order chi connectivity index (χ0) is 13.5. The van der Waals surface area contributed by atoms with E-state index in [1.807, 2.05) is 6.92 Å². The minimum Gasteiger partial charge on any atom is -0.377 e. The third kappa shape index (κ3) is 4.31. The van der Waals surface area contributed by atoms with Crippen molar-refractivity contribution in [2.75, 3.05) is 18.5 Å². The number of aryl methyl sites for hydroxylation is 1. The van der Waals surface area contributed by atoms with Crippen LogP contribution in [0.1, 0.15) is 13.3 Å². The molecular formula is C12H19N3O3. The number of nitrogens with zero attached hydrogens (tertiary/aromatic N) is 1. The Labute approximate surface area is 106 Å². The van der Waals surface area contributed by atoms with Gasteiger partial charge in [-0.25, -0.2) is 0 Å². The van der Waals surface area contributed by atoms with E-state index >= 15 is 0 Å². The van der Waals surface area contributed by atoms with Crippen LogP contribution in [0.5, 0.6) is 0 Å². The van der Waals surface area contributed by atoms with Crippen molar-refractivity contribution in [1.29, 1.82) is 0 Å². The predicted octanol–water partition coefficient (Wildman–Crippen LogP) is 0.0777. The molecule has 0 saturated heterocycles. The summed E-state index contributed by atoms with van der Waals surface area (Å²) in [5.74, 6) is -0.183. The van der Waals surface area contributed by atoms with Crippen molar-refractivity contribution in [3.05, 3.63) is 28.7 Å². The molecule has 1 rings (SSSR count). The molecule has 100 valence electrons. The molecule has 6 nitrogen and oxygen atoms in total. The molecule has 1 heterocycles. The van der Waals surface area contributed by atoms with Gasteiger partial charge in [0.1, 0.15) is 0 Å². The molecule has 1 aromatic rings. The van der Waals surface area contributed by atoms with Crippen molar-refractivity contribution in [2.45, 2.75) is 19.4 Å². The molecule has 1 aromatic heterocycles. The molecule has 0 aliphatic carbocycles. The van der Waals surface area contributed by atoms with E-state index in [4.69, 9.17) is 10.5 Å². The fourth-order valence-corrected chi connectivity index (χ4v) is 1.53. The number of carbonyl (C=O) groups excluding carboxylic acids is 1. The summed E-state index contributed by atoms with van der Waals surface area (Å²) in [6.45, 7) is 2.68. The van der Waals surface area contributed by atoms with Crippen molar-refractivity contribution in [3.63, 3.8) is 0 Å².